The van der Waals surface area contributed by atoms with Gasteiger partial charge in [-0.15, -0.1) is 0 Å². The minimum Gasteiger partial charge on any atom is -0.486 e. The van der Waals surface area contributed by atoms with Crippen LogP contribution in [0.1, 0.15) is 18.2 Å². The highest BCUT2D eigenvalue weighted by Gasteiger charge is 2.03. The molecule has 3 nitrogen and oxygen atoms in total. The van der Waals surface area contributed by atoms with Crippen LogP contribution in [0.5, 0.6) is 5.75 Å². The molecule has 0 radical (unpaired) electrons. The zero-order valence-electron chi connectivity index (χ0n) is 10.3. The van der Waals surface area contributed by atoms with Crippen LogP contribution in [0.3, 0.4) is 0 Å². The number of benzene rings is 1. The summed E-state index contributed by atoms with van der Waals surface area (Å²) in [7, 11) is 0. The molecule has 1 heterocycles. The second kappa shape index (κ2) is 6.47. The summed E-state index contributed by atoms with van der Waals surface area (Å²) in [6.45, 7) is 4.24. The maximum absolute atomic E-state index is 5.88. The molecule has 2 aromatic rings. The molecule has 0 aliphatic rings. The van der Waals surface area contributed by atoms with Crippen molar-refractivity contribution < 1.29 is 9.15 Å². The van der Waals surface area contributed by atoms with Gasteiger partial charge in [-0.25, -0.2) is 0 Å². The number of hydrogen-bond acceptors (Lipinski definition) is 3. The van der Waals surface area contributed by atoms with E-state index in [2.05, 4.69) is 12.2 Å². The van der Waals surface area contributed by atoms with Crippen molar-refractivity contribution >= 4 is 11.6 Å². The van der Waals surface area contributed by atoms with Crippen molar-refractivity contribution in [3.8, 4) is 5.75 Å². The van der Waals surface area contributed by atoms with Gasteiger partial charge in [0.1, 0.15) is 18.1 Å². The van der Waals surface area contributed by atoms with Gasteiger partial charge in [0.15, 0.2) is 0 Å². The van der Waals surface area contributed by atoms with Crippen molar-refractivity contribution in [2.24, 2.45) is 0 Å². The maximum atomic E-state index is 5.88. The number of furan rings is 1. The molecule has 0 atom stereocenters. The Morgan fingerprint density at radius 3 is 3.00 bits per heavy atom. The summed E-state index contributed by atoms with van der Waals surface area (Å²) in [4.78, 5) is 0. The topological polar surface area (TPSA) is 34.4 Å². The third-order valence-electron chi connectivity index (χ3n) is 2.46. The lowest BCUT2D eigenvalue weighted by atomic mass is 10.3. The van der Waals surface area contributed by atoms with Gasteiger partial charge >= 0.3 is 0 Å². The summed E-state index contributed by atoms with van der Waals surface area (Å²) in [5.41, 5.74) is 1.13. The van der Waals surface area contributed by atoms with Crippen LogP contribution in [0.2, 0.25) is 5.02 Å². The fourth-order valence-electron chi connectivity index (χ4n) is 1.58. The molecule has 0 aliphatic heterocycles. The summed E-state index contributed by atoms with van der Waals surface area (Å²) in [5.74, 6) is 1.55. The van der Waals surface area contributed by atoms with Gasteiger partial charge in [0, 0.05) is 17.1 Å². The Hall–Kier alpha value is -1.45. The molecule has 1 aromatic carbocycles. The van der Waals surface area contributed by atoms with E-state index in [9.17, 15) is 0 Å². The molecule has 0 aliphatic carbocycles. The number of rotatable bonds is 6. The van der Waals surface area contributed by atoms with E-state index in [1.54, 1.807) is 12.3 Å². The maximum Gasteiger partial charge on any atom is 0.146 e. The standard InChI is InChI=1S/C14H16ClNO2/c1-2-16-8-11-6-14(17-9-11)10-18-13-5-3-4-12(15)7-13/h3-7,9,16H,2,8,10H2,1H3. The van der Waals surface area contributed by atoms with Crippen LogP contribution in [0.15, 0.2) is 41.0 Å². The van der Waals surface area contributed by atoms with Gasteiger partial charge in [-0.2, -0.15) is 0 Å². The summed E-state index contributed by atoms with van der Waals surface area (Å²) in [6, 6.07) is 9.32. The lowest BCUT2D eigenvalue weighted by Crippen LogP contribution is -2.10. The third-order valence-corrected chi connectivity index (χ3v) is 2.70. The first-order valence-electron chi connectivity index (χ1n) is 5.93. The molecule has 1 aromatic heterocycles. The van der Waals surface area contributed by atoms with Crippen LogP contribution >= 0.6 is 11.6 Å². The highest BCUT2D eigenvalue weighted by molar-refractivity contribution is 6.30. The molecular formula is C14H16ClNO2. The van der Waals surface area contributed by atoms with E-state index >= 15 is 0 Å². The van der Waals surface area contributed by atoms with Gasteiger partial charge in [0.05, 0.1) is 6.26 Å². The normalized spacial score (nSPS) is 10.6. The van der Waals surface area contributed by atoms with Crippen molar-refractivity contribution in [2.45, 2.75) is 20.1 Å². The molecule has 0 spiro atoms. The van der Waals surface area contributed by atoms with E-state index in [0.29, 0.717) is 11.6 Å². The van der Waals surface area contributed by atoms with Crippen LogP contribution in [0.4, 0.5) is 0 Å². The van der Waals surface area contributed by atoms with Crippen LogP contribution in [-0.4, -0.2) is 6.54 Å². The van der Waals surface area contributed by atoms with E-state index in [4.69, 9.17) is 20.8 Å². The number of halogens is 1. The molecule has 0 amide bonds. The Bertz CT molecular complexity index is 496. The molecular weight excluding hydrogens is 250 g/mol. The molecule has 18 heavy (non-hydrogen) atoms. The molecule has 2 rings (SSSR count). The van der Waals surface area contributed by atoms with Crippen molar-refractivity contribution in [1.82, 2.24) is 5.32 Å². The number of nitrogens with one attached hydrogen (secondary N) is 1. The molecule has 0 bridgehead atoms. The van der Waals surface area contributed by atoms with Crippen LogP contribution in [0, 0.1) is 0 Å². The third kappa shape index (κ3) is 3.79. The minimum atomic E-state index is 0.409. The Balaban J connectivity index is 1.88. The summed E-state index contributed by atoms with van der Waals surface area (Å²) in [5, 5.41) is 3.91. The van der Waals surface area contributed by atoms with E-state index in [1.807, 2.05) is 24.3 Å². The zero-order chi connectivity index (χ0) is 12.8. The fraction of sp³-hybridized carbons (Fsp3) is 0.286. The van der Waals surface area contributed by atoms with Crippen molar-refractivity contribution in [3.63, 3.8) is 0 Å². The Morgan fingerprint density at radius 1 is 1.33 bits per heavy atom. The van der Waals surface area contributed by atoms with E-state index in [-0.39, 0.29) is 0 Å². The SMILES string of the molecule is CCNCc1coc(COc2cccc(Cl)c2)c1. The minimum absolute atomic E-state index is 0.409. The van der Waals surface area contributed by atoms with Gasteiger partial charge < -0.3 is 14.5 Å². The predicted molar refractivity (Wildman–Crippen MR) is 71.9 cm³/mol. The first kappa shape index (κ1) is 13.0. The van der Waals surface area contributed by atoms with Crippen LogP contribution < -0.4 is 10.1 Å². The average Bonchev–Trinajstić information content (AvgIpc) is 2.82. The molecule has 1 N–H and O–H groups in total. The second-order valence-corrected chi connectivity index (χ2v) is 4.38. The molecule has 0 saturated carbocycles. The fourth-order valence-corrected chi connectivity index (χ4v) is 1.76. The molecule has 96 valence electrons. The lowest BCUT2D eigenvalue weighted by molar-refractivity contribution is 0.270. The number of ether oxygens (including phenoxy) is 1. The monoisotopic (exact) mass is 265 g/mol. The summed E-state index contributed by atoms with van der Waals surface area (Å²) < 4.78 is 11.0. The molecule has 4 heteroatoms. The predicted octanol–water partition coefficient (Wildman–Crippen LogP) is 3.62. The highest BCUT2D eigenvalue weighted by Crippen LogP contribution is 2.19. The van der Waals surface area contributed by atoms with Crippen molar-refractivity contribution in [2.75, 3.05) is 6.54 Å². The van der Waals surface area contributed by atoms with Crippen molar-refractivity contribution in [3.05, 3.63) is 52.9 Å². The van der Waals surface area contributed by atoms with Gasteiger partial charge in [-0.3, -0.25) is 0 Å². The largest absolute Gasteiger partial charge is 0.486 e. The van der Waals surface area contributed by atoms with E-state index < -0.39 is 0 Å². The highest BCUT2D eigenvalue weighted by atomic mass is 35.5. The van der Waals surface area contributed by atoms with Gasteiger partial charge in [-0.1, -0.05) is 24.6 Å². The molecule has 0 unspecified atom stereocenters. The quantitative estimate of drug-likeness (QED) is 0.866. The number of hydrogen-bond donors (Lipinski definition) is 1. The first-order valence-corrected chi connectivity index (χ1v) is 6.31. The average molecular weight is 266 g/mol. The zero-order valence-corrected chi connectivity index (χ0v) is 11.0. The Morgan fingerprint density at radius 2 is 2.22 bits per heavy atom. The summed E-state index contributed by atoms with van der Waals surface area (Å²) in [6.07, 6.45) is 1.75. The van der Waals surface area contributed by atoms with Crippen LogP contribution in [0.25, 0.3) is 0 Å². The van der Waals surface area contributed by atoms with Gasteiger partial charge in [-0.05, 0) is 30.8 Å². The molecule has 0 saturated heterocycles. The summed E-state index contributed by atoms with van der Waals surface area (Å²) >= 11 is 5.88. The first-order chi connectivity index (χ1) is 8.78. The van der Waals surface area contributed by atoms with E-state index in [0.717, 1.165) is 30.2 Å². The lowest BCUT2D eigenvalue weighted by Gasteiger charge is -2.03. The van der Waals surface area contributed by atoms with Gasteiger partial charge in [0.2, 0.25) is 0 Å². The smallest absolute Gasteiger partial charge is 0.146 e. The van der Waals surface area contributed by atoms with Crippen molar-refractivity contribution in [1.29, 1.82) is 0 Å². The van der Waals surface area contributed by atoms with Gasteiger partial charge in [0.25, 0.3) is 0 Å². The van der Waals surface area contributed by atoms with Crippen LogP contribution in [-0.2, 0) is 13.2 Å². The second-order valence-electron chi connectivity index (χ2n) is 3.95. The Kier molecular flexibility index (Phi) is 4.67. The van der Waals surface area contributed by atoms with E-state index in [1.165, 1.54) is 0 Å². The Labute approximate surface area is 112 Å². The molecule has 0 fully saturated rings.